The highest BCUT2D eigenvalue weighted by atomic mass is 31.2. The third kappa shape index (κ3) is 5.31. The van der Waals surface area contributed by atoms with Gasteiger partial charge in [0.2, 0.25) is 0 Å². The lowest BCUT2D eigenvalue weighted by molar-refractivity contribution is 1.46. The topological polar surface area (TPSA) is 48.1 Å². The van der Waals surface area contributed by atoms with Crippen LogP contribution in [0.3, 0.4) is 0 Å². The van der Waals surface area contributed by atoms with Crippen LogP contribution in [0.2, 0.25) is 0 Å². The van der Waals surface area contributed by atoms with E-state index in [1.165, 1.54) is 5.56 Å². The van der Waals surface area contributed by atoms with E-state index in [0.29, 0.717) is 0 Å². The Morgan fingerprint density at radius 1 is 0.400 bits per heavy atom. The lowest BCUT2D eigenvalue weighted by atomic mass is 10.2. The van der Waals surface area contributed by atoms with Crippen LogP contribution in [-0.4, -0.2) is 0 Å². The van der Waals surface area contributed by atoms with Crippen molar-refractivity contribution in [1.29, 1.82) is 0 Å². The maximum Gasteiger partial charge on any atom is 0.395 e. The predicted molar refractivity (Wildman–Crippen MR) is 132 cm³/mol. The van der Waals surface area contributed by atoms with Crippen molar-refractivity contribution in [1.82, 2.24) is 0 Å². The van der Waals surface area contributed by atoms with E-state index in [1.54, 1.807) is 0 Å². The van der Waals surface area contributed by atoms with Gasteiger partial charge in [-0.25, -0.2) is 20.3 Å². The van der Waals surface area contributed by atoms with Gasteiger partial charge >= 0.3 is 7.87 Å². The molecule has 0 saturated carbocycles. The molecule has 0 aliphatic rings. The van der Waals surface area contributed by atoms with Gasteiger partial charge in [-0.05, 0) is 55.5 Å². The normalized spacial score (nSPS) is 10.8. The van der Waals surface area contributed by atoms with Crippen LogP contribution in [0.5, 0.6) is 0 Å². The average Bonchev–Trinajstić information content (AvgIpc) is 2.77. The molecule has 0 radical (unpaired) electrons. The molecule has 0 atom stereocenters. The summed E-state index contributed by atoms with van der Waals surface area (Å²) >= 11 is 0. The smallest absolute Gasteiger partial charge is 0.202 e. The first-order valence-corrected chi connectivity index (χ1v) is 11.7. The lowest BCUT2D eigenvalue weighted by Crippen LogP contribution is -2.27. The Labute approximate surface area is 178 Å². The van der Waals surface area contributed by atoms with Crippen LogP contribution in [-0.2, 0) is 0 Å². The lowest BCUT2D eigenvalue weighted by Gasteiger charge is -2.29. The van der Waals surface area contributed by atoms with Crippen LogP contribution < -0.4 is 20.3 Å². The molecule has 0 amide bonds. The summed E-state index contributed by atoms with van der Waals surface area (Å²) in [4.78, 5) is 0. The summed E-state index contributed by atoms with van der Waals surface area (Å²) in [6.45, 7) is 2.10. The van der Waals surface area contributed by atoms with Gasteiger partial charge in [-0.2, -0.15) is 0 Å². The summed E-state index contributed by atoms with van der Waals surface area (Å²) in [7, 11) is -2.40. The third-order valence-electron chi connectivity index (χ3n) is 4.56. The molecule has 4 N–H and O–H groups in total. The Morgan fingerprint density at radius 3 is 1.03 bits per heavy atom. The number of rotatable bonds is 8. The van der Waals surface area contributed by atoms with E-state index >= 15 is 0 Å². The molecule has 0 unspecified atom stereocenters. The summed E-state index contributed by atoms with van der Waals surface area (Å²) in [6, 6.07) is 39.2. The number of benzene rings is 4. The first-order chi connectivity index (χ1) is 14.7. The summed E-state index contributed by atoms with van der Waals surface area (Å²) in [6.07, 6.45) is 0. The van der Waals surface area contributed by atoms with Gasteiger partial charge in [0.05, 0.1) is 22.7 Å². The molecule has 4 rings (SSSR count). The molecule has 0 saturated heterocycles. The van der Waals surface area contributed by atoms with E-state index in [0.717, 1.165) is 22.7 Å². The van der Waals surface area contributed by atoms with Gasteiger partial charge in [-0.3, -0.25) is 0 Å². The van der Waals surface area contributed by atoms with Crippen molar-refractivity contribution < 1.29 is 0 Å². The number of nitrogens with one attached hydrogen (secondary N) is 4. The van der Waals surface area contributed by atoms with Crippen LogP contribution in [0, 0.1) is 6.92 Å². The molecular weight excluding hydrogens is 387 g/mol. The zero-order chi connectivity index (χ0) is 20.7. The minimum Gasteiger partial charge on any atom is -0.202 e. The molecule has 4 aromatic carbocycles. The molecule has 0 heterocycles. The van der Waals surface area contributed by atoms with Gasteiger partial charge in [0.1, 0.15) is 0 Å². The minimum absolute atomic E-state index is 1.03. The van der Waals surface area contributed by atoms with E-state index < -0.39 is 7.87 Å². The highest BCUT2D eigenvalue weighted by molar-refractivity contribution is 7.81. The Bertz CT molecular complexity index is 937. The van der Waals surface area contributed by atoms with Gasteiger partial charge in [0.25, 0.3) is 0 Å². The fraction of sp³-hybridized carbons (Fsp3) is 0.0400. The summed E-state index contributed by atoms with van der Waals surface area (Å²) < 4.78 is 0. The molecule has 5 heteroatoms. The predicted octanol–water partition coefficient (Wildman–Crippen LogP) is 7.42. The van der Waals surface area contributed by atoms with Crippen LogP contribution >= 0.6 is 7.87 Å². The molecule has 30 heavy (non-hydrogen) atoms. The second-order valence-electron chi connectivity index (χ2n) is 7.08. The monoisotopic (exact) mass is 413 g/mol. The Hall–Kier alpha value is -3.49. The second-order valence-corrected chi connectivity index (χ2v) is 9.32. The van der Waals surface area contributed by atoms with Gasteiger partial charge in [-0.1, -0.05) is 72.3 Å². The van der Waals surface area contributed by atoms with Crippen LogP contribution in [0.15, 0.2) is 115 Å². The van der Waals surface area contributed by atoms with Crippen LogP contribution in [0.1, 0.15) is 5.56 Å². The van der Waals surface area contributed by atoms with Gasteiger partial charge < -0.3 is 0 Å². The molecule has 0 bridgehead atoms. The maximum absolute atomic E-state index is 3.74. The van der Waals surface area contributed by atoms with E-state index in [-0.39, 0.29) is 0 Å². The van der Waals surface area contributed by atoms with Crippen LogP contribution in [0.25, 0.3) is 0 Å². The van der Waals surface area contributed by atoms with E-state index in [4.69, 9.17) is 0 Å². The molecule has 0 fully saturated rings. The van der Waals surface area contributed by atoms with Gasteiger partial charge in [0.15, 0.2) is 0 Å². The molecule has 0 spiro atoms. The number of para-hydroxylation sites is 3. The largest absolute Gasteiger partial charge is 0.395 e. The van der Waals surface area contributed by atoms with Crippen molar-refractivity contribution in [2.75, 3.05) is 20.3 Å². The summed E-state index contributed by atoms with van der Waals surface area (Å²) in [5.41, 5.74) is 5.34. The number of hydrogen-bond acceptors (Lipinski definition) is 4. The zero-order valence-corrected chi connectivity index (χ0v) is 17.8. The van der Waals surface area contributed by atoms with Crippen molar-refractivity contribution in [3.63, 3.8) is 0 Å². The van der Waals surface area contributed by atoms with E-state index in [2.05, 4.69) is 87.9 Å². The average molecular weight is 413 g/mol. The first-order valence-electron chi connectivity index (χ1n) is 9.95. The van der Waals surface area contributed by atoms with E-state index in [9.17, 15) is 0 Å². The molecular formula is C25H26N4P+. The molecule has 0 aromatic heterocycles. The Balaban J connectivity index is 1.75. The van der Waals surface area contributed by atoms with Crippen molar-refractivity contribution >= 4 is 30.6 Å². The zero-order valence-electron chi connectivity index (χ0n) is 16.9. The second kappa shape index (κ2) is 9.34. The van der Waals surface area contributed by atoms with Crippen molar-refractivity contribution in [2.45, 2.75) is 6.92 Å². The molecule has 4 nitrogen and oxygen atoms in total. The first kappa shape index (κ1) is 19.8. The SMILES string of the molecule is Cc1ccc(N[P+](Nc2ccccc2)(Nc2ccccc2)Nc2ccccc2)cc1. The van der Waals surface area contributed by atoms with Crippen molar-refractivity contribution in [3.05, 3.63) is 121 Å². The van der Waals surface area contributed by atoms with Crippen molar-refractivity contribution in [3.8, 4) is 0 Å². The van der Waals surface area contributed by atoms with E-state index in [1.807, 2.05) is 54.6 Å². The standard InChI is InChI=1S/C25H26N4P/c1-21-17-19-25(20-18-21)29-30(26-22-11-5-2-6-12-22,27-23-13-7-3-8-14-23)28-24-15-9-4-10-16-24/h2-20,26-29H,1H3/q+1. The number of hydrogen-bond donors (Lipinski definition) is 4. The summed E-state index contributed by atoms with van der Waals surface area (Å²) in [5, 5.41) is 14.9. The third-order valence-corrected chi connectivity index (χ3v) is 6.93. The Morgan fingerprint density at radius 2 is 0.700 bits per heavy atom. The number of aryl methyl sites for hydroxylation is 1. The Kier molecular flexibility index (Phi) is 6.17. The summed E-state index contributed by atoms with van der Waals surface area (Å²) in [5.74, 6) is 0. The van der Waals surface area contributed by atoms with Gasteiger partial charge in [0, 0.05) is 0 Å². The highest BCUT2D eigenvalue weighted by Gasteiger charge is 2.40. The fourth-order valence-electron chi connectivity index (χ4n) is 3.11. The molecule has 150 valence electrons. The van der Waals surface area contributed by atoms with Gasteiger partial charge in [-0.15, -0.1) is 0 Å². The minimum atomic E-state index is -2.40. The number of anilines is 4. The highest BCUT2D eigenvalue weighted by Crippen LogP contribution is 2.56. The maximum atomic E-state index is 3.74. The molecule has 4 aromatic rings. The molecule has 0 aliphatic carbocycles. The van der Waals surface area contributed by atoms with Crippen LogP contribution in [0.4, 0.5) is 22.7 Å². The quantitative estimate of drug-likeness (QED) is 0.227. The molecule has 0 aliphatic heterocycles. The fourth-order valence-corrected chi connectivity index (χ4v) is 5.59. The van der Waals surface area contributed by atoms with Crippen molar-refractivity contribution in [2.24, 2.45) is 0 Å².